The second kappa shape index (κ2) is 5.49. The van der Waals surface area contributed by atoms with Crippen LogP contribution in [-0.2, 0) is 9.59 Å². The lowest BCUT2D eigenvalue weighted by molar-refractivity contribution is -0.123. The molecule has 1 fully saturated rings. The number of hydrogen-bond acceptors (Lipinski definition) is 4. The fourth-order valence-electron chi connectivity index (χ4n) is 1.51. The Morgan fingerprint density at radius 2 is 2.29 bits per heavy atom. The summed E-state index contributed by atoms with van der Waals surface area (Å²) in [5, 5.41) is 5.29. The van der Waals surface area contributed by atoms with Crippen LogP contribution in [0.15, 0.2) is 18.3 Å². The van der Waals surface area contributed by atoms with E-state index in [1.165, 1.54) is 6.20 Å². The van der Waals surface area contributed by atoms with Crippen LogP contribution in [0.1, 0.15) is 6.42 Å². The molecule has 1 aliphatic heterocycles. The number of anilines is 2. The van der Waals surface area contributed by atoms with Crippen molar-refractivity contribution < 1.29 is 9.59 Å². The standard InChI is InChI=1S/C10H12N4O2.ClH/c11-8-2-1-7(5-12-8)14-10(16)6-3-9(15)13-4-6;/h1-2,5-6H,3-4H2,(H2,11,12)(H,13,15)(H,14,16);1H. The van der Waals surface area contributed by atoms with Gasteiger partial charge in [-0.3, -0.25) is 9.59 Å². The number of nitrogens with zero attached hydrogens (tertiary/aromatic N) is 1. The van der Waals surface area contributed by atoms with Gasteiger partial charge < -0.3 is 16.4 Å². The fraction of sp³-hybridized carbons (Fsp3) is 0.300. The number of aromatic nitrogens is 1. The third-order valence-electron chi connectivity index (χ3n) is 2.40. The summed E-state index contributed by atoms with van der Waals surface area (Å²) in [6, 6.07) is 3.28. The van der Waals surface area contributed by atoms with E-state index >= 15 is 0 Å². The molecule has 2 rings (SSSR count). The number of amides is 2. The molecule has 4 N–H and O–H groups in total. The summed E-state index contributed by atoms with van der Waals surface area (Å²) in [5.41, 5.74) is 6.00. The molecule has 0 bridgehead atoms. The van der Waals surface area contributed by atoms with Crippen molar-refractivity contribution >= 4 is 35.7 Å². The molecule has 1 aromatic heterocycles. The molecule has 2 heterocycles. The first-order valence-electron chi connectivity index (χ1n) is 4.94. The number of nitrogens with one attached hydrogen (secondary N) is 2. The molecular formula is C10H13ClN4O2. The molecule has 0 radical (unpaired) electrons. The van der Waals surface area contributed by atoms with Crippen LogP contribution in [0.25, 0.3) is 0 Å². The monoisotopic (exact) mass is 256 g/mol. The number of hydrogen-bond donors (Lipinski definition) is 3. The SMILES string of the molecule is Cl.Nc1ccc(NC(=O)C2CNC(=O)C2)cn1. The Morgan fingerprint density at radius 3 is 2.82 bits per heavy atom. The van der Waals surface area contributed by atoms with Gasteiger partial charge in [0.15, 0.2) is 0 Å². The van der Waals surface area contributed by atoms with Gasteiger partial charge in [0.1, 0.15) is 5.82 Å². The Bertz CT molecular complexity index is 421. The predicted octanol–water partition coefficient (Wildman–Crippen LogP) is 0.160. The summed E-state index contributed by atoms with van der Waals surface area (Å²) in [6.45, 7) is 0.396. The van der Waals surface area contributed by atoms with Crippen molar-refractivity contribution in [3.63, 3.8) is 0 Å². The summed E-state index contributed by atoms with van der Waals surface area (Å²) >= 11 is 0. The number of carbonyl (C=O) groups excluding carboxylic acids is 2. The maximum Gasteiger partial charge on any atom is 0.229 e. The largest absolute Gasteiger partial charge is 0.384 e. The molecule has 92 valence electrons. The van der Waals surface area contributed by atoms with Crippen LogP contribution in [-0.4, -0.2) is 23.3 Å². The van der Waals surface area contributed by atoms with Crippen LogP contribution in [0.4, 0.5) is 11.5 Å². The van der Waals surface area contributed by atoms with Gasteiger partial charge in [-0.2, -0.15) is 0 Å². The lowest BCUT2D eigenvalue weighted by Crippen LogP contribution is -2.24. The maximum absolute atomic E-state index is 11.7. The number of carbonyl (C=O) groups is 2. The second-order valence-corrected chi connectivity index (χ2v) is 3.67. The lowest BCUT2D eigenvalue weighted by atomic mass is 10.1. The Balaban J connectivity index is 0.00000144. The molecule has 7 heteroatoms. The average molecular weight is 257 g/mol. The third-order valence-corrected chi connectivity index (χ3v) is 2.40. The zero-order valence-corrected chi connectivity index (χ0v) is 9.79. The lowest BCUT2D eigenvalue weighted by Gasteiger charge is -2.08. The van der Waals surface area contributed by atoms with Crippen molar-refractivity contribution in [1.82, 2.24) is 10.3 Å². The Hall–Kier alpha value is -1.82. The predicted molar refractivity (Wildman–Crippen MR) is 65.6 cm³/mol. The highest BCUT2D eigenvalue weighted by Crippen LogP contribution is 2.13. The van der Waals surface area contributed by atoms with Crippen LogP contribution in [0.3, 0.4) is 0 Å². The summed E-state index contributed by atoms with van der Waals surface area (Å²) < 4.78 is 0. The summed E-state index contributed by atoms with van der Waals surface area (Å²) in [5.74, 6) is -0.165. The minimum Gasteiger partial charge on any atom is -0.384 e. The molecule has 2 amide bonds. The number of nitrogens with two attached hydrogens (primary N) is 1. The maximum atomic E-state index is 11.7. The number of halogens is 1. The fourth-order valence-corrected chi connectivity index (χ4v) is 1.51. The van der Waals surface area contributed by atoms with E-state index in [1.807, 2.05) is 0 Å². The molecule has 0 saturated carbocycles. The Labute approximate surface area is 104 Å². The van der Waals surface area contributed by atoms with Gasteiger partial charge in [0.25, 0.3) is 0 Å². The van der Waals surface area contributed by atoms with E-state index < -0.39 is 0 Å². The molecule has 1 aliphatic rings. The van der Waals surface area contributed by atoms with E-state index in [2.05, 4.69) is 15.6 Å². The Morgan fingerprint density at radius 1 is 1.53 bits per heavy atom. The first kappa shape index (κ1) is 13.2. The van der Waals surface area contributed by atoms with Crippen molar-refractivity contribution in [2.45, 2.75) is 6.42 Å². The van der Waals surface area contributed by atoms with E-state index in [4.69, 9.17) is 5.73 Å². The molecular weight excluding hydrogens is 244 g/mol. The first-order chi connectivity index (χ1) is 7.65. The third kappa shape index (κ3) is 3.32. The van der Waals surface area contributed by atoms with Crippen LogP contribution >= 0.6 is 12.4 Å². The van der Waals surface area contributed by atoms with Crippen molar-refractivity contribution in [1.29, 1.82) is 0 Å². The highest BCUT2D eigenvalue weighted by atomic mass is 35.5. The van der Waals surface area contributed by atoms with Crippen molar-refractivity contribution in [3.05, 3.63) is 18.3 Å². The molecule has 0 aliphatic carbocycles. The molecule has 0 spiro atoms. The molecule has 6 nitrogen and oxygen atoms in total. The van der Waals surface area contributed by atoms with E-state index in [9.17, 15) is 9.59 Å². The highest BCUT2D eigenvalue weighted by Gasteiger charge is 2.27. The van der Waals surface area contributed by atoms with E-state index in [-0.39, 0.29) is 36.6 Å². The van der Waals surface area contributed by atoms with Crippen molar-refractivity contribution in [3.8, 4) is 0 Å². The molecule has 1 atom stereocenters. The van der Waals surface area contributed by atoms with E-state index in [0.717, 1.165) is 0 Å². The van der Waals surface area contributed by atoms with Gasteiger partial charge in [0.05, 0.1) is 17.8 Å². The first-order valence-corrected chi connectivity index (χ1v) is 4.94. The van der Waals surface area contributed by atoms with Crippen LogP contribution in [0.2, 0.25) is 0 Å². The second-order valence-electron chi connectivity index (χ2n) is 3.67. The van der Waals surface area contributed by atoms with Gasteiger partial charge in [-0.15, -0.1) is 12.4 Å². The summed E-state index contributed by atoms with van der Waals surface area (Å²) in [4.78, 5) is 26.5. The summed E-state index contributed by atoms with van der Waals surface area (Å²) in [6.07, 6.45) is 1.73. The number of rotatable bonds is 2. The molecule has 17 heavy (non-hydrogen) atoms. The van der Waals surface area contributed by atoms with E-state index in [0.29, 0.717) is 18.1 Å². The molecule has 1 aromatic rings. The molecule has 0 aromatic carbocycles. The average Bonchev–Trinajstić information content (AvgIpc) is 2.68. The smallest absolute Gasteiger partial charge is 0.229 e. The van der Waals surface area contributed by atoms with Gasteiger partial charge >= 0.3 is 0 Å². The summed E-state index contributed by atoms with van der Waals surface area (Å²) in [7, 11) is 0. The normalized spacial score (nSPS) is 18.1. The van der Waals surface area contributed by atoms with E-state index in [1.54, 1.807) is 12.1 Å². The highest BCUT2D eigenvalue weighted by molar-refractivity contribution is 5.97. The quantitative estimate of drug-likeness (QED) is 0.702. The zero-order chi connectivity index (χ0) is 11.5. The van der Waals surface area contributed by atoms with Crippen LogP contribution in [0.5, 0.6) is 0 Å². The minimum absolute atomic E-state index is 0. The van der Waals surface area contributed by atoms with Crippen molar-refractivity contribution in [2.75, 3.05) is 17.6 Å². The topological polar surface area (TPSA) is 97.1 Å². The number of pyridine rings is 1. The van der Waals surface area contributed by atoms with Crippen molar-refractivity contribution in [2.24, 2.45) is 5.92 Å². The Kier molecular flexibility index (Phi) is 4.28. The van der Waals surface area contributed by atoms with Crippen LogP contribution in [0, 0.1) is 5.92 Å². The van der Waals surface area contributed by atoms with Gasteiger partial charge in [-0.25, -0.2) is 4.98 Å². The van der Waals surface area contributed by atoms with Gasteiger partial charge in [0, 0.05) is 13.0 Å². The van der Waals surface area contributed by atoms with Gasteiger partial charge in [-0.05, 0) is 12.1 Å². The molecule has 1 unspecified atom stereocenters. The molecule has 1 saturated heterocycles. The van der Waals surface area contributed by atoms with Gasteiger partial charge in [-0.1, -0.05) is 0 Å². The van der Waals surface area contributed by atoms with Crippen LogP contribution < -0.4 is 16.4 Å². The number of nitrogen functional groups attached to an aromatic ring is 1. The zero-order valence-electron chi connectivity index (χ0n) is 8.97. The minimum atomic E-state index is -0.301. The van der Waals surface area contributed by atoms with Gasteiger partial charge in [0.2, 0.25) is 11.8 Å².